The van der Waals surface area contributed by atoms with Crippen LogP contribution in [-0.2, 0) is 32.4 Å². The predicted octanol–water partition coefficient (Wildman–Crippen LogP) is 2.93. The van der Waals surface area contributed by atoms with Gasteiger partial charge in [-0.1, -0.05) is 37.3 Å². The van der Waals surface area contributed by atoms with Crippen LogP contribution in [0.4, 0.5) is 5.69 Å². The molecular weight excluding hydrogens is 450 g/mol. The number of nitrogens with zero attached hydrogens (tertiary/aromatic N) is 2. The summed E-state index contributed by atoms with van der Waals surface area (Å²) in [5.74, 6) is -0.398. The van der Waals surface area contributed by atoms with Crippen LogP contribution in [0.1, 0.15) is 43.7 Å². The number of rotatable bonds is 8. The molecule has 0 bridgehead atoms. The Labute approximate surface area is 202 Å². The molecule has 2 amide bonds. The summed E-state index contributed by atoms with van der Waals surface area (Å²) in [4.78, 5) is 28.8. The van der Waals surface area contributed by atoms with Gasteiger partial charge in [-0.2, -0.15) is 0 Å². The number of piperidine rings is 1. The highest BCUT2D eigenvalue weighted by Gasteiger charge is 2.27. The zero-order valence-electron chi connectivity index (χ0n) is 19.7. The van der Waals surface area contributed by atoms with Crippen LogP contribution in [-0.4, -0.2) is 56.6 Å². The molecule has 2 aliphatic heterocycles. The van der Waals surface area contributed by atoms with E-state index in [9.17, 15) is 18.0 Å². The van der Waals surface area contributed by atoms with Gasteiger partial charge < -0.3 is 10.2 Å². The van der Waals surface area contributed by atoms with Gasteiger partial charge in [0.25, 0.3) is 0 Å². The minimum absolute atomic E-state index is 0.0388. The quantitative estimate of drug-likeness (QED) is 0.624. The van der Waals surface area contributed by atoms with E-state index in [4.69, 9.17) is 0 Å². The molecule has 0 radical (unpaired) electrons. The number of hydrogen-bond donors (Lipinski definition) is 1. The molecule has 182 valence electrons. The smallest absolute Gasteiger partial charge is 0.226 e. The molecule has 4 rings (SSSR count). The highest BCUT2D eigenvalue weighted by atomic mass is 32.2. The molecule has 34 heavy (non-hydrogen) atoms. The number of fused-ring (bicyclic) bond motifs is 1. The third-order valence-corrected chi connectivity index (χ3v) is 8.42. The van der Waals surface area contributed by atoms with Crippen LogP contribution in [0.2, 0.25) is 0 Å². The molecule has 8 heteroatoms. The van der Waals surface area contributed by atoms with E-state index >= 15 is 0 Å². The number of nitrogens with one attached hydrogen (secondary N) is 1. The maximum absolute atomic E-state index is 12.8. The Morgan fingerprint density at radius 2 is 1.76 bits per heavy atom. The first-order chi connectivity index (χ1) is 16.4. The largest absolute Gasteiger partial charge is 0.353 e. The fourth-order valence-electron chi connectivity index (χ4n) is 4.74. The number of sulfone groups is 1. The van der Waals surface area contributed by atoms with Gasteiger partial charge in [-0.25, -0.2) is 8.42 Å². The van der Waals surface area contributed by atoms with Gasteiger partial charge in [-0.15, -0.1) is 0 Å². The van der Waals surface area contributed by atoms with Gasteiger partial charge in [-0.05, 0) is 48.6 Å². The van der Waals surface area contributed by atoms with E-state index in [1.54, 1.807) is 23.1 Å². The molecule has 2 aromatic rings. The zero-order valence-corrected chi connectivity index (χ0v) is 20.5. The molecule has 1 N–H and O–H groups in total. The van der Waals surface area contributed by atoms with Gasteiger partial charge in [0.15, 0.2) is 9.84 Å². The van der Waals surface area contributed by atoms with Crippen LogP contribution in [0.25, 0.3) is 0 Å². The molecule has 0 spiro atoms. The second-order valence-electron chi connectivity index (χ2n) is 9.11. The monoisotopic (exact) mass is 483 g/mol. The van der Waals surface area contributed by atoms with Gasteiger partial charge in [-0.3, -0.25) is 14.5 Å². The fraction of sp³-hybridized carbons (Fsp3) is 0.462. The van der Waals surface area contributed by atoms with Crippen molar-refractivity contribution < 1.29 is 18.0 Å². The minimum atomic E-state index is -3.58. The van der Waals surface area contributed by atoms with E-state index in [2.05, 4.69) is 22.3 Å². The van der Waals surface area contributed by atoms with E-state index < -0.39 is 9.84 Å². The van der Waals surface area contributed by atoms with Crippen LogP contribution in [0.15, 0.2) is 53.4 Å². The number of carbonyl (C=O) groups excluding carboxylic acids is 2. The van der Waals surface area contributed by atoms with Gasteiger partial charge in [0, 0.05) is 50.7 Å². The van der Waals surface area contributed by atoms with Gasteiger partial charge in [0.1, 0.15) is 0 Å². The first kappa shape index (κ1) is 24.4. The Kier molecular flexibility index (Phi) is 7.68. The average molecular weight is 484 g/mol. The van der Waals surface area contributed by atoms with Crippen molar-refractivity contribution in [3.05, 3.63) is 59.7 Å². The van der Waals surface area contributed by atoms with E-state index in [1.165, 1.54) is 5.56 Å². The molecule has 1 saturated heterocycles. The van der Waals surface area contributed by atoms with Crippen molar-refractivity contribution in [2.24, 2.45) is 0 Å². The summed E-state index contributed by atoms with van der Waals surface area (Å²) in [6.07, 6.45) is 2.74. The third-order valence-electron chi connectivity index (χ3n) is 6.71. The van der Waals surface area contributed by atoms with Crippen molar-refractivity contribution in [2.75, 3.05) is 30.3 Å². The molecule has 0 aromatic heterocycles. The first-order valence-electron chi connectivity index (χ1n) is 12.1. The van der Waals surface area contributed by atoms with Crippen molar-refractivity contribution in [3.63, 3.8) is 0 Å². The maximum atomic E-state index is 12.8. The maximum Gasteiger partial charge on any atom is 0.226 e. The third kappa shape index (κ3) is 5.85. The SMILES string of the molecule is CCC(=O)N1CCc2cc(S(=O)(=O)CCC(=O)NC3CCN(Cc4ccccc4)CC3)ccc21. The summed E-state index contributed by atoms with van der Waals surface area (Å²) in [5.41, 5.74) is 2.95. The van der Waals surface area contributed by atoms with Crippen molar-refractivity contribution in [1.82, 2.24) is 10.2 Å². The molecular formula is C26H33N3O4S. The van der Waals surface area contributed by atoms with E-state index in [1.807, 2.05) is 25.1 Å². The molecule has 7 nitrogen and oxygen atoms in total. The molecule has 0 aliphatic carbocycles. The minimum Gasteiger partial charge on any atom is -0.353 e. The van der Waals surface area contributed by atoms with Crippen molar-refractivity contribution in [3.8, 4) is 0 Å². The zero-order chi connectivity index (χ0) is 24.1. The lowest BCUT2D eigenvalue weighted by Crippen LogP contribution is -2.44. The Morgan fingerprint density at radius 1 is 1.03 bits per heavy atom. The first-order valence-corrected chi connectivity index (χ1v) is 13.7. The second kappa shape index (κ2) is 10.7. The van der Waals surface area contributed by atoms with Crippen LogP contribution >= 0.6 is 0 Å². The molecule has 2 aromatic carbocycles. The van der Waals surface area contributed by atoms with E-state index in [-0.39, 0.29) is 34.9 Å². The lowest BCUT2D eigenvalue weighted by Gasteiger charge is -2.32. The number of amides is 2. The Bertz CT molecular complexity index is 1130. The van der Waals surface area contributed by atoms with Crippen LogP contribution in [0.5, 0.6) is 0 Å². The van der Waals surface area contributed by atoms with E-state index in [0.717, 1.165) is 43.7 Å². The summed E-state index contributed by atoms with van der Waals surface area (Å²) >= 11 is 0. The van der Waals surface area contributed by atoms with Gasteiger partial charge in [0.2, 0.25) is 11.8 Å². The van der Waals surface area contributed by atoms with Crippen molar-refractivity contribution >= 4 is 27.3 Å². The van der Waals surface area contributed by atoms with Crippen molar-refractivity contribution in [2.45, 2.75) is 56.5 Å². The van der Waals surface area contributed by atoms with Crippen molar-refractivity contribution in [1.29, 1.82) is 0 Å². The Morgan fingerprint density at radius 3 is 2.47 bits per heavy atom. The summed E-state index contributed by atoms with van der Waals surface area (Å²) in [6, 6.07) is 15.4. The molecule has 2 heterocycles. The summed E-state index contributed by atoms with van der Waals surface area (Å²) in [5, 5.41) is 3.02. The highest BCUT2D eigenvalue weighted by molar-refractivity contribution is 7.91. The van der Waals surface area contributed by atoms with E-state index in [0.29, 0.717) is 19.4 Å². The Hall–Kier alpha value is -2.71. The standard InChI is InChI=1S/C26H33N3O4S/c1-2-26(31)29-16-10-21-18-23(8-9-24(21)29)34(32,33)17-13-25(30)27-22-11-14-28(15-12-22)19-20-6-4-3-5-7-20/h3-9,18,22H,2,10-17,19H2,1H3,(H,27,30). The van der Waals surface area contributed by atoms with Crippen LogP contribution in [0.3, 0.4) is 0 Å². The molecule has 0 atom stereocenters. The van der Waals surface area contributed by atoms with Gasteiger partial charge >= 0.3 is 0 Å². The topological polar surface area (TPSA) is 86.8 Å². The Balaban J connectivity index is 1.25. The number of anilines is 1. The second-order valence-corrected chi connectivity index (χ2v) is 11.2. The molecule has 1 fully saturated rings. The van der Waals surface area contributed by atoms with Crippen LogP contribution < -0.4 is 10.2 Å². The summed E-state index contributed by atoms with van der Waals surface area (Å²) in [6.45, 7) is 5.12. The average Bonchev–Trinajstić information content (AvgIpc) is 3.28. The molecule has 2 aliphatic rings. The molecule has 0 saturated carbocycles. The lowest BCUT2D eigenvalue weighted by atomic mass is 10.0. The number of benzene rings is 2. The summed E-state index contributed by atoms with van der Waals surface area (Å²) < 4.78 is 25.7. The molecule has 0 unspecified atom stereocenters. The normalized spacial score (nSPS) is 16.9. The number of carbonyl (C=O) groups is 2. The highest BCUT2D eigenvalue weighted by Crippen LogP contribution is 2.31. The predicted molar refractivity (Wildman–Crippen MR) is 132 cm³/mol. The summed E-state index contributed by atoms with van der Waals surface area (Å²) in [7, 11) is -3.58. The van der Waals surface area contributed by atoms with Crippen LogP contribution in [0, 0.1) is 0 Å². The number of likely N-dealkylation sites (tertiary alicyclic amines) is 1. The number of hydrogen-bond acceptors (Lipinski definition) is 5. The fourth-order valence-corrected chi connectivity index (χ4v) is 6.03. The lowest BCUT2D eigenvalue weighted by molar-refractivity contribution is -0.121. The van der Waals surface area contributed by atoms with Gasteiger partial charge in [0.05, 0.1) is 10.6 Å².